The van der Waals surface area contributed by atoms with Crippen LogP contribution in [0.3, 0.4) is 0 Å². The lowest BCUT2D eigenvalue weighted by molar-refractivity contribution is -0.115. The Morgan fingerprint density at radius 3 is 2.79 bits per heavy atom. The molecule has 0 bridgehead atoms. The summed E-state index contributed by atoms with van der Waals surface area (Å²) in [6.07, 6.45) is 0. The van der Waals surface area contributed by atoms with E-state index in [0.29, 0.717) is 33.0 Å². The SMILES string of the molecule is CCOCCOCc1cccc(NC(=O)CNC)c1. The van der Waals surface area contributed by atoms with Crippen molar-refractivity contribution in [2.24, 2.45) is 0 Å². The van der Waals surface area contributed by atoms with E-state index in [1.54, 1.807) is 7.05 Å². The lowest BCUT2D eigenvalue weighted by Gasteiger charge is -2.08. The van der Waals surface area contributed by atoms with E-state index in [1.807, 2.05) is 31.2 Å². The molecule has 0 aliphatic rings. The fourth-order valence-electron chi connectivity index (χ4n) is 1.56. The van der Waals surface area contributed by atoms with E-state index in [2.05, 4.69) is 10.6 Å². The third kappa shape index (κ3) is 6.91. The van der Waals surface area contributed by atoms with Crippen molar-refractivity contribution < 1.29 is 14.3 Å². The molecule has 1 amide bonds. The van der Waals surface area contributed by atoms with E-state index in [0.717, 1.165) is 11.3 Å². The molecule has 1 rings (SSSR count). The summed E-state index contributed by atoms with van der Waals surface area (Å²) in [7, 11) is 1.74. The van der Waals surface area contributed by atoms with Crippen LogP contribution in [-0.2, 0) is 20.9 Å². The van der Waals surface area contributed by atoms with Crippen LogP contribution in [0, 0.1) is 0 Å². The minimum Gasteiger partial charge on any atom is -0.379 e. The van der Waals surface area contributed by atoms with Crippen molar-refractivity contribution in [1.29, 1.82) is 0 Å². The number of rotatable bonds is 9. The Morgan fingerprint density at radius 2 is 2.05 bits per heavy atom. The fraction of sp³-hybridized carbons (Fsp3) is 0.500. The largest absolute Gasteiger partial charge is 0.379 e. The molecule has 1 aromatic rings. The highest BCUT2D eigenvalue weighted by atomic mass is 16.5. The number of ether oxygens (including phenoxy) is 2. The van der Waals surface area contributed by atoms with Gasteiger partial charge in [-0.3, -0.25) is 4.79 Å². The van der Waals surface area contributed by atoms with Gasteiger partial charge >= 0.3 is 0 Å². The predicted octanol–water partition coefficient (Wildman–Crippen LogP) is 1.40. The van der Waals surface area contributed by atoms with Gasteiger partial charge in [0.15, 0.2) is 0 Å². The van der Waals surface area contributed by atoms with Gasteiger partial charge in [-0.15, -0.1) is 0 Å². The minimum absolute atomic E-state index is 0.0584. The van der Waals surface area contributed by atoms with Gasteiger partial charge in [-0.1, -0.05) is 12.1 Å². The number of carbonyl (C=O) groups excluding carboxylic acids is 1. The van der Waals surface area contributed by atoms with E-state index in [-0.39, 0.29) is 5.91 Å². The lowest BCUT2D eigenvalue weighted by Crippen LogP contribution is -2.25. The summed E-state index contributed by atoms with van der Waals surface area (Å²) < 4.78 is 10.7. The van der Waals surface area contributed by atoms with Crippen LogP contribution in [0.2, 0.25) is 0 Å². The van der Waals surface area contributed by atoms with Crippen LogP contribution >= 0.6 is 0 Å². The maximum atomic E-state index is 11.4. The van der Waals surface area contributed by atoms with Crippen molar-refractivity contribution in [3.8, 4) is 0 Å². The monoisotopic (exact) mass is 266 g/mol. The molecule has 19 heavy (non-hydrogen) atoms. The highest BCUT2D eigenvalue weighted by Crippen LogP contribution is 2.11. The Bertz CT molecular complexity index is 383. The molecule has 0 fully saturated rings. The van der Waals surface area contributed by atoms with Crippen LogP contribution in [0.5, 0.6) is 0 Å². The van der Waals surface area contributed by atoms with Gasteiger partial charge in [0.1, 0.15) is 0 Å². The molecule has 5 nitrogen and oxygen atoms in total. The molecule has 0 atom stereocenters. The second-order valence-corrected chi connectivity index (χ2v) is 4.03. The Morgan fingerprint density at radius 1 is 1.26 bits per heavy atom. The van der Waals surface area contributed by atoms with E-state index >= 15 is 0 Å². The highest BCUT2D eigenvalue weighted by Gasteiger charge is 2.01. The third-order valence-electron chi connectivity index (χ3n) is 2.39. The van der Waals surface area contributed by atoms with Crippen LogP contribution in [0.15, 0.2) is 24.3 Å². The van der Waals surface area contributed by atoms with Crippen LogP contribution in [0.4, 0.5) is 5.69 Å². The molecule has 0 saturated heterocycles. The Hall–Kier alpha value is -1.43. The average molecular weight is 266 g/mol. The van der Waals surface area contributed by atoms with Gasteiger partial charge in [-0.25, -0.2) is 0 Å². The normalized spacial score (nSPS) is 10.4. The number of hydrogen-bond acceptors (Lipinski definition) is 4. The van der Waals surface area contributed by atoms with Gasteiger partial charge in [0.2, 0.25) is 5.91 Å². The molecule has 0 radical (unpaired) electrons. The van der Waals surface area contributed by atoms with Crippen molar-refractivity contribution in [2.45, 2.75) is 13.5 Å². The van der Waals surface area contributed by atoms with E-state index < -0.39 is 0 Å². The van der Waals surface area contributed by atoms with Crippen molar-refractivity contribution in [3.05, 3.63) is 29.8 Å². The molecule has 0 aliphatic heterocycles. The van der Waals surface area contributed by atoms with E-state index in [9.17, 15) is 4.79 Å². The van der Waals surface area contributed by atoms with Crippen molar-refractivity contribution in [3.63, 3.8) is 0 Å². The number of benzene rings is 1. The molecular weight excluding hydrogens is 244 g/mol. The molecule has 0 saturated carbocycles. The average Bonchev–Trinajstić information content (AvgIpc) is 2.39. The van der Waals surface area contributed by atoms with E-state index in [4.69, 9.17) is 9.47 Å². The zero-order chi connectivity index (χ0) is 13.9. The first-order chi connectivity index (χ1) is 9.26. The zero-order valence-corrected chi connectivity index (χ0v) is 11.6. The maximum absolute atomic E-state index is 11.4. The van der Waals surface area contributed by atoms with Crippen molar-refractivity contribution >= 4 is 11.6 Å². The number of likely N-dealkylation sites (N-methyl/N-ethyl adjacent to an activating group) is 1. The number of nitrogens with one attached hydrogen (secondary N) is 2. The van der Waals surface area contributed by atoms with Crippen LogP contribution in [0.25, 0.3) is 0 Å². The highest BCUT2D eigenvalue weighted by molar-refractivity contribution is 5.92. The second kappa shape index (κ2) is 9.49. The Kier molecular flexibility index (Phi) is 7.81. The van der Waals surface area contributed by atoms with Gasteiger partial charge in [-0.05, 0) is 31.7 Å². The summed E-state index contributed by atoms with van der Waals surface area (Å²) in [5, 5.41) is 5.62. The maximum Gasteiger partial charge on any atom is 0.238 e. The molecule has 0 aliphatic carbocycles. The zero-order valence-electron chi connectivity index (χ0n) is 11.6. The molecule has 106 valence electrons. The summed E-state index contributed by atoms with van der Waals surface area (Å²) in [4.78, 5) is 11.4. The molecule has 0 spiro atoms. The molecule has 0 heterocycles. The van der Waals surface area contributed by atoms with Crippen LogP contribution < -0.4 is 10.6 Å². The number of carbonyl (C=O) groups is 1. The number of anilines is 1. The Balaban J connectivity index is 2.37. The third-order valence-corrected chi connectivity index (χ3v) is 2.39. The number of amides is 1. The van der Waals surface area contributed by atoms with Crippen molar-refractivity contribution in [1.82, 2.24) is 5.32 Å². The van der Waals surface area contributed by atoms with Crippen molar-refractivity contribution in [2.75, 3.05) is 38.7 Å². The first-order valence-electron chi connectivity index (χ1n) is 6.45. The minimum atomic E-state index is -0.0584. The molecule has 2 N–H and O–H groups in total. The quantitative estimate of drug-likeness (QED) is 0.663. The molecule has 0 unspecified atom stereocenters. The van der Waals surface area contributed by atoms with Gasteiger partial charge in [0.25, 0.3) is 0 Å². The topological polar surface area (TPSA) is 59.6 Å². The molecule has 0 aromatic heterocycles. The summed E-state index contributed by atoms with van der Waals surface area (Å²) in [5.74, 6) is -0.0584. The standard InChI is InChI=1S/C14H22N2O3/c1-3-18-7-8-19-11-12-5-4-6-13(9-12)16-14(17)10-15-2/h4-6,9,15H,3,7-8,10-11H2,1-2H3,(H,16,17). The predicted molar refractivity (Wildman–Crippen MR) is 75.1 cm³/mol. The number of hydrogen-bond donors (Lipinski definition) is 2. The first-order valence-corrected chi connectivity index (χ1v) is 6.45. The van der Waals surface area contributed by atoms with Gasteiger partial charge in [-0.2, -0.15) is 0 Å². The summed E-state index contributed by atoms with van der Waals surface area (Å²) in [5.41, 5.74) is 1.81. The lowest BCUT2D eigenvalue weighted by atomic mass is 10.2. The summed E-state index contributed by atoms with van der Waals surface area (Å²) in [6.45, 7) is 4.66. The Labute approximate surface area is 114 Å². The molecule has 5 heteroatoms. The van der Waals surface area contributed by atoms with Gasteiger partial charge < -0.3 is 20.1 Å². The molecular formula is C14H22N2O3. The van der Waals surface area contributed by atoms with Crippen LogP contribution in [0.1, 0.15) is 12.5 Å². The van der Waals surface area contributed by atoms with Gasteiger partial charge in [0, 0.05) is 12.3 Å². The fourth-order valence-corrected chi connectivity index (χ4v) is 1.56. The molecule has 1 aromatic carbocycles. The second-order valence-electron chi connectivity index (χ2n) is 4.03. The first kappa shape index (κ1) is 15.6. The summed E-state index contributed by atoms with van der Waals surface area (Å²) in [6, 6.07) is 7.64. The smallest absolute Gasteiger partial charge is 0.238 e. The summed E-state index contributed by atoms with van der Waals surface area (Å²) >= 11 is 0. The van der Waals surface area contributed by atoms with Gasteiger partial charge in [0.05, 0.1) is 26.4 Å². The van der Waals surface area contributed by atoms with E-state index in [1.165, 1.54) is 0 Å². The van der Waals surface area contributed by atoms with Crippen LogP contribution in [-0.4, -0.2) is 39.3 Å².